The fraction of sp³-hybridized carbons (Fsp3) is 0.750. The number of carboxylic acids is 1. The van der Waals surface area contributed by atoms with Gasteiger partial charge in [-0.05, 0) is 27.2 Å². The molecule has 102 valence electrons. The highest BCUT2D eigenvalue weighted by atomic mass is 16.6. The molecule has 1 rings (SSSR count). The third-order valence-corrected chi connectivity index (χ3v) is 2.69. The fourth-order valence-corrected chi connectivity index (χ4v) is 1.90. The number of aliphatic carboxylic acids is 1. The largest absolute Gasteiger partial charge is 0.481 e. The summed E-state index contributed by atoms with van der Waals surface area (Å²) < 4.78 is 5.07. The summed E-state index contributed by atoms with van der Waals surface area (Å²) in [5.74, 6) is -2.01. The van der Waals surface area contributed by atoms with Gasteiger partial charge >= 0.3 is 12.1 Å². The van der Waals surface area contributed by atoms with E-state index in [0.29, 0.717) is 12.8 Å². The molecule has 0 aliphatic heterocycles. The van der Waals surface area contributed by atoms with Gasteiger partial charge in [0.1, 0.15) is 11.4 Å². The van der Waals surface area contributed by atoms with Crippen LogP contribution < -0.4 is 5.32 Å². The number of ether oxygens (including phenoxy) is 1. The minimum absolute atomic E-state index is 0.0319. The second kappa shape index (κ2) is 5.37. The molecule has 0 aromatic rings. The smallest absolute Gasteiger partial charge is 0.407 e. The van der Waals surface area contributed by atoms with E-state index in [-0.39, 0.29) is 12.2 Å². The third kappa shape index (κ3) is 4.35. The van der Waals surface area contributed by atoms with E-state index < -0.39 is 29.6 Å². The Hall–Kier alpha value is -1.59. The molecule has 6 nitrogen and oxygen atoms in total. The molecule has 18 heavy (non-hydrogen) atoms. The first-order valence-electron chi connectivity index (χ1n) is 5.93. The summed E-state index contributed by atoms with van der Waals surface area (Å²) in [5.41, 5.74) is -0.632. The van der Waals surface area contributed by atoms with Gasteiger partial charge in [0.2, 0.25) is 0 Å². The molecule has 0 heterocycles. The van der Waals surface area contributed by atoms with Crippen LogP contribution >= 0.6 is 0 Å². The molecular weight excluding hydrogens is 238 g/mol. The minimum atomic E-state index is -1.07. The van der Waals surface area contributed by atoms with E-state index in [1.165, 1.54) is 0 Å². The second-order valence-corrected chi connectivity index (χ2v) is 5.48. The Morgan fingerprint density at radius 2 is 2.00 bits per heavy atom. The van der Waals surface area contributed by atoms with Crippen molar-refractivity contribution in [2.75, 3.05) is 0 Å². The number of alkyl carbamates (subject to hydrolysis) is 1. The lowest BCUT2D eigenvalue weighted by molar-refractivity contribution is -0.146. The van der Waals surface area contributed by atoms with Crippen LogP contribution in [0.2, 0.25) is 0 Å². The Morgan fingerprint density at radius 1 is 1.39 bits per heavy atom. The van der Waals surface area contributed by atoms with Crippen LogP contribution in [0.4, 0.5) is 4.79 Å². The van der Waals surface area contributed by atoms with Crippen molar-refractivity contribution in [2.24, 2.45) is 5.92 Å². The van der Waals surface area contributed by atoms with Crippen LogP contribution in [0.5, 0.6) is 0 Å². The zero-order valence-corrected chi connectivity index (χ0v) is 10.9. The molecule has 0 saturated heterocycles. The van der Waals surface area contributed by atoms with Gasteiger partial charge in [-0.3, -0.25) is 9.59 Å². The van der Waals surface area contributed by atoms with Crippen molar-refractivity contribution in [2.45, 2.75) is 51.7 Å². The van der Waals surface area contributed by atoms with Gasteiger partial charge in [0.15, 0.2) is 0 Å². The minimum Gasteiger partial charge on any atom is -0.481 e. The zero-order chi connectivity index (χ0) is 13.9. The predicted molar refractivity (Wildman–Crippen MR) is 63.1 cm³/mol. The number of rotatable bonds is 2. The Labute approximate surface area is 106 Å². The monoisotopic (exact) mass is 257 g/mol. The molecule has 2 atom stereocenters. The molecule has 0 aromatic carbocycles. The van der Waals surface area contributed by atoms with Crippen molar-refractivity contribution in [3.05, 3.63) is 0 Å². The number of Topliss-reactive ketones (excluding diaryl/α,β-unsaturated/α-hetero) is 1. The van der Waals surface area contributed by atoms with Crippen LogP contribution in [0.25, 0.3) is 0 Å². The summed E-state index contributed by atoms with van der Waals surface area (Å²) in [5, 5.41) is 11.6. The number of nitrogens with one attached hydrogen (secondary N) is 1. The van der Waals surface area contributed by atoms with E-state index in [2.05, 4.69) is 5.32 Å². The zero-order valence-electron chi connectivity index (χ0n) is 10.9. The van der Waals surface area contributed by atoms with Crippen molar-refractivity contribution in [3.63, 3.8) is 0 Å². The number of amides is 1. The van der Waals surface area contributed by atoms with Crippen molar-refractivity contribution < 1.29 is 24.2 Å². The molecule has 6 heteroatoms. The molecule has 0 radical (unpaired) electrons. The predicted octanol–water partition coefficient (Wildman–Crippen LogP) is 1.33. The second-order valence-electron chi connectivity index (χ2n) is 5.48. The maximum Gasteiger partial charge on any atom is 0.407 e. The number of ketones is 1. The molecule has 1 amide bonds. The van der Waals surface area contributed by atoms with Gasteiger partial charge in [-0.1, -0.05) is 0 Å². The SMILES string of the molecule is CC(C)(C)OC(=O)N[C@H]1CCC(=O)C[C@@H]1C(=O)O. The Bertz CT molecular complexity index is 358. The van der Waals surface area contributed by atoms with Crippen molar-refractivity contribution in [1.82, 2.24) is 5.32 Å². The van der Waals surface area contributed by atoms with Crippen molar-refractivity contribution >= 4 is 17.8 Å². The molecule has 0 spiro atoms. The average Bonchev–Trinajstić information content (AvgIpc) is 2.17. The van der Waals surface area contributed by atoms with E-state index in [4.69, 9.17) is 9.84 Å². The Kier molecular flexibility index (Phi) is 4.32. The molecule has 0 aromatic heterocycles. The van der Waals surface area contributed by atoms with E-state index >= 15 is 0 Å². The highest BCUT2D eigenvalue weighted by molar-refractivity contribution is 5.86. The summed E-state index contributed by atoms with van der Waals surface area (Å²) in [7, 11) is 0. The van der Waals surface area contributed by atoms with Gasteiger partial charge in [-0.25, -0.2) is 4.79 Å². The van der Waals surface area contributed by atoms with Gasteiger partial charge in [0, 0.05) is 18.9 Å². The van der Waals surface area contributed by atoms with E-state index in [1.807, 2.05) is 0 Å². The van der Waals surface area contributed by atoms with Gasteiger partial charge in [-0.15, -0.1) is 0 Å². The normalized spacial score (nSPS) is 24.5. The van der Waals surface area contributed by atoms with Crippen LogP contribution in [0.1, 0.15) is 40.0 Å². The first kappa shape index (κ1) is 14.5. The van der Waals surface area contributed by atoms with Gasteiger partial charge in [-0.2, -0.15) is 0 Å². The average molecular weight is 257 g/mol. The topological polar surface area (TPSA) is 92.7 Å². The number of hydrogen-bond acceptors (Lipinski definition) is 4. The first-order chi connectivity index (χ1) is 8.19. The molecule has 1 aliphatic carbocycles. The third-order valence-electron chi connectivity index (χ3n) is 2.69. The summed E-state index contributed by atoms with van der Waals surface area (Å²) in [6, 6.07) is -0.546. The molecule has 0 unspecified atom stereocenters. The standard InChI is InChI=1S/C12H19NO5/c1-12(2,3)18-11(17)13-9-5-4-7(14)6-8(9)10(15)16/h8-9H,4-6H2,1-3H3,(H,13,17)(H,15,16)/t8-,9-/m0/s1. The van der Waals surface area contributed by atoms with Gasteiger partial charge in [0.05, 0.1) is 5.92 Å². The lowest BCUT2D eigenvalue weighted by Crippen LogP contribution is -2.48. The van der Waals surface area contributed by atoms with Gasteiger partial charge < -0.3 is 15.2 Å². The number of carbonyl (C=O) groups is 3. The van der Waals surface area contributed by atoms with Crippen molar-refractivity contribution in [3.8, 4) is 0 Å². The van der Waals surface area contributed by atoms with Crippen LogP contribution in [-0.2, 0) is 14.3 Å². The molecule has 1 fully saturated rings. The van der Waals surface area contributed by atoms with Crippen LogP contribution in [0.3, 0.4) is 0 Å². The molecule has 0 bridgehead atoms. The van der Waals surface area contributed by atoms with Crippen molar-refractivity contribution in [1.29, 1.82) is 0 Å². The Morgan fingerprint density at radius 3 is 2.50 bits per heavy atom. The Balaban J connectivity index is 2.61. The summed E-state index contributed by atoms with van der Waals surface area (Å²) >= 11 is 0. The highest BCUT2D eigenvalue weighted by Gasteiger charge is 2.36. The number of hydrogen-bond donors (Lipinski definition) is 2. The van der Waals surface area contributed by atoms with E-state index in [1.54, 1.807) is 20.8 Å². The summed E-state index contributed by atoms with van der Waals surface area (Å²) in [6.07, 6.45) is -0.0390. The lowest BCUT2D eigenvalue weighted by atomic mass is 9.84. The number of carboxylic acid groups (broad SMARTS) is 1. The lowest BCUT2D eigenvalue weighted by Gasteiger charge is -2.29. The molecule has 1 aliphatic rings. The highest BCUT2D eigenvalue weighted by Crippen LogP contribution is 2.22. The van der Waals surface area contributed by atoms with Crippen LogP contribution in [-0.4, -0.2) is 34.6 Å². The first-order valence-corrected chi connectivity index (χ1v) is 5.93. The van der Waals surface area contributed by atoms with Crippen LogP contribution in [0, 0.1) is 5.92 Å². The summed E-state index contributed by atoms with van der Waals surface area (Å²) in [6.45, 7) is 5.18. The maximum absolute atomic E-state index is 11.6. The van der Waals surface area contributed by atoms with Crippen LogP contribution in [0.15, 0.2) is 0 Å². The fourth-order valence-electron chi connectivity index (χ4n) is 1.90. The number of carbonyl (C=O) groups excluding carboxylic acids is 2. The summed E-state index contributed by atoms with van der Waals surface area (Å²) in [4.78, 5) is 33.8. The van der Waals surface area contributed by atoms with Gasteiger partial charge in [0.25, 0.3) is 0 Å². The maximum atomic E-state index is 11.6. The van der Waals surface area contributed by atoms with E-state index in [0.717, 1.165) is 0 Å². The molecule has 1 saturated carbocycles. The van der Waals surface area contributed by atoms with E-state index in [9.17, 15) is 14.4 Å². The molecular formula is C12H19NO5. The quantitative estimate of drug-likeness (QED) is 0.778. The molecule has 2 N–H and O–H groups in total.